The summed E-state index contributed by atoms with van der Waals surface area (Å²) in [6.07, 6.45) is -0.110. The largest absolute Gasteiger partial charge is 0.449 e. The van der Waals surface area contributed by atoms with Crippen molar-refractivity contribution < 1.29 is 61.7 Å². The third-order valence-corrected chi connectivity index (χ3v) is 11.3. The van der Waals surface area contributed by atoms with Crippen molar-refractivity contribution in [2.24, 2.45) is 0 Å². The Morgan fingerprint density at radius 3 is 1.07 bits per heavy atom. The van der Waals surface area contributed by atoms with Crippen LogP contribution in [0, 0.1) is 0 Å². The van der Waals surface area contributed by atoms with E-state index in [-0.39, 0.29) is 17.9 Å². The van der Waals surface area contributed by atoms with Crippen molar-refractivity contribution in [1.82, 2.24) is 10.2 Å². The van der Waals surface area contributed by atoms with Crippen molar-refractivity contribution in [3.05, 3.63) is 119 Å². The number of benzene rings is 4. The van der Waals surface area contributed by atoms with Crippen LogP contribution in [0.5, 0.6) is 0 Å². The van der Waals surface area contributed by atoms with E-state index in [2.05, 4.69) is 53.8 Å². The first kappa shape index (κ1) is 51.5. The Kier molecular flexibility index (Phi) is 23.4. The van der Waals surface area contributed by atoms with Gasteiger partial charge >= 0.3 is 12.2 Å². The quantitative estimate of drug-likeness (QED) is 0.0475. The second-order valence-corrected chi connectivity index (χ2v) is 15.8. The van der Waals surface area contributed by atoms with E-state index >= 15 is 0 Å². The van der Waals surface area contributed by atoms with Crippen molar-refractivity contribution in [3.63, 3.8) is 0 Å². The highest BCUT2D eigenvalue weighted by Gasteiger charge is 2.30. The fourth-order valence-electron chi connectivity index (χ4n) is 7.87. The number of carbonyl (C=O) groups excluding carboxylic acids is 2. The van der Waals surface area contributed by atoms with Gasteiger partial charge in [0.1, 0.15) is 13.2 Å². The number of hydrogen-bond donors (Lipinski definition) is 1. The second-order valence-electron chi connectivity index (χ2n) is 15.8. The molecular formula is C52H68N2O13. The SMILES string of the molecule is CN(CCOCCOCCOCCOCCOCCOCCOCCOCCOCCCNC(=O)OCC1c2ccccc2-c2ccccc21)C(=O)OCC1c2ccccc2-c2ccccc21. The minimum Gasteiger partial charge on any atom is -0.449 e. The van der Waals surface area contributed by atoms with Crippen LogP contribution in [0.3, 0.4) is 0 Å². The fourth-order valence-corrected chi connectivity index (χ4v) is 7.87. The van der Waals surface area contributed by atoms with Gasteiger partial charge in [0.2, 0.25) is 0 Å². The van der Waals surface area contributed by atoms with E-state index in [4.69, 9.17) is 52.1 Å². The Morgan fingerprint density at radius 1 is 0.418 bits per heavy atom. The van der Waals surface area contributed by atoms with E-state index in [1.165, 1.54) is 49.4 Å². The van der Waals surface area contributed by atoms with Crippen molar-refractivity contribution in [1.29, 1.82) is 0 Å². The summed E-state index contributed by atoms with van der Waals surface area (Å²) in [7, 11) is 1.71. The topological polar surface area (TPSA) is 151 Å². The van der Waals surface area contributed by atoms with E-state index in [0.29, 0.717) is 152 Å². The fraction of sp³-hybridized carbons (Fsp3) is 0.500. The zero-order valence-electron chi connectivity index (χ0n) is 38.9. The molecule has 1 N–H and O–H groups in total. The molecular weight excluding hydrogens is 861 g/mol. The molecule has 0 spiro atoms. The summed E-state index contributed by atoms with van der Waals surface area (Å²) in [5.41, 5.74) is 9.58. The van der Waals surface area contributed by atoms with Crippen LogP contribution >= 0.6 is 0 Å². The highest BCUT2D eigenvalue weighted by atomic mass is 16.6. The van der Waals surface area contributed by atoms with Crippen molar-refractivity contribution in [3.8, 4) is 22.3 Å². The van der Waals surface area contributed by atoms with Crippen LogP contribution in [-0.4, -0.2) is 169 Å². The first-order chi connectivity index (χ1) is 33.1. The molecule has 0 saturated carbocycles. The second kappa shape index (κ2) is 30.4. The lowest BCUT2D eigenvalue weighted by atomic mass is 9.98. The Hall–Kier alpha value is -4.94. The zero-order valence-corrected chi connectivity index (χ0v) is 38.9. The summed E-state index contributed by atoms with van der Waals surface area (Å²) in [5, 5.41) is 2.81. The molecule has 0 radical (unpaired) electrons. The molecule has 4 aromatic rings. The molecule has 364 valence electrons. The van der Waals surface area contributed by atoms with Gasteiger partial charge in [-0.3, -0.25) is 0 Å². The Morgan fingerprint density at radius 2 is 0.716 bits per heavy atom. The summed E-state index contributed by atoms with van der Waals surface area (Å²) in [6, 6.07) is 33.1. The maximum atomic E-state index is 12.6. The summed E-state index contributed by atoms with van der Waals surface area (Å²) in [4.78, 5) is 26.5. The normalized spacial score (nSPS) is 12.7. The van der Waals surface area contributed by atoms with Crippen molar-refractivity contribution in [2.45, 2.75) is 18.3 Å². The third-order valence-electron chi connectivity index (χ3n) is 11.3. The number of nitrogens with one attached hydrogen (secondary N) is 1. The lowest BCUT2D eigenvalue weighted by Gasteiger charge is -2.19. The number of hydrogen-bond acceptors (Lipinski definition) is 13. The van der Waals surface area contributed by atoms with E-state index < -0.39 is 6.09 Å². The van der Waals surface area contributed by atoms with Gasteiger partial charge < -0.3 is 62.3 Å². The number of alkyl carbamates (subject to hydrolysis) is 1. The maximum absolute atomic E-state index is 12.6. The van der Waals surface area contributed by atoms with Crippen molar-refractivity contribution in [2.75, 3.05) is 152 Å². The number of ether oxygens (including phenoxy) is 11. The summed E-state index contributed by atoms with van der Waals surface area (Å²) >= 11 is 0. The van der Waals surface area contributed by atoms with Gasteiger partial charge in [0.15, 0.2) is 0 Å². The first-order valence-corrected chi connectivity index (χ1v) is 23.5. The predicted molar refractivity (Wildman–Crippen MR) is 253 cm³/mol. The van der Waals surface area contributed by atoms with Crippen LogP contribution in [0.15, 0.2) is 97.1 Å². The number of likely N-dealkylation sites (N-methyl/N-ethyl adjacent to an activating group) is 1. The number of nitrogens with zero attached hydrogens (tertiary/aromatic N) is 1. The Bertz CT molecular complexity index is 1940. The standard InChI is InChI=1S/C52H68N2O13/c1-54(52(56)67-40-50-47-17-8-4-13-43(47)44-14-5-9-18-48(44)50)20-22-58-24-26-60-28-30-62-32-34-64-36-38-65-37-35-63-33-31-61-29-27-59-25-23-57-21-10-19-53-51(55)66-39-49-45-15-6-2-11-41(45)42-12-3-7-16-46(42)49/h2-9,11-18,49-50H,10,19-40H2,1H3,(H,53,55). The molecule has 2 aliphatic rings. The number of amides is 2. The summed E-state index contributed by atoms with van der Waals surface area (Å²) in [5.74, 6) is 0.0760. The lowest BCUT2D eigenvalue weighted by Crippen LogP contribution is -2.32. The van der Waals surface area contributed by atoms with Gasteiger partial charge in [-0.25, -0.2) is 9.59 Å². The highest BCUT2D eigenvalue weighted by Crippen LogP contribution is 2.45. The average Bonchev–Trinajstić information content (AvgIpc) is 3.86. The minimum absolute atomic E-state index is 0.0325. The van der Waals surface area contributed by atoms with Crippen LogP contribution < -0.4 is 5.32 Å². The van der Waals surface area contributed by atoms with Gasteiger partial charge in [-0.15, -0.1) is 0 Å². The van der Waals surface area contributed by atoms with E-state index in [0.717, 1.165) is 0 Å². The average molecular weight is 929 g/mol. The van der Waals surface area contributed by atoms with E-state index in [1.54, 1.807) is 7.05 Å². The minimum atomic E-state index is -0.419. The van der Waals surface area contributed by atoms with Crippen LogP contribution in [-0.2, 0) is 52.1 Å². The first-order valence-electron chi connectivity index (χ1n) is 23.5. The molecule has 2 aliphatic carbocycles. The number of rotatable bonds is 35. The number of fused-ring (bicyclic) bond motifs is 6. The van der Waals surface area contributed by atoms with Crippen LogP contribution in [0.25, 0.3) is 22.3 Å². The molecule has 2 amide bonds. The molecule has 0 aromatic heterocycles. The number of carbonyl (C=O) groups is 2. The smallest absolute Gasteiger partial charge is 0.409 e. The molecule has 0 saturated heterocycles. The molecule has 0 heterocycles. The summed E-state index contributed by atoms with van der Waals surface area (Å²) in [6.45, 7) is 9.85. The van der Waals surface area contributed by atoms with E-state index in [1.807, 2.05) is 48.5 Å². The van der Waals surface area contributed by atoms with Gasteiger partial charge in [0, 0.05) is 38.6 Å². The highest BCUT2D eigenvalue weighted by molar-refractivity contribution is 5.80. The monoisotopic (exact) mass is 928 g/mol. The molecule has 15 nitrogen and oxygen atoms in total. The molecule has 0 unspecified atom stereocenters. The molecule has 6 rings (SSSR count). The van der Waals surface area contributed by atoms with Crippen LogP contribution in [0.4, 0.5) is 9.59 Å². The van der Waals surface area contributed by atoms with Gasteiger partial charge in [0.25, 0.3) is 0 Å². The molecule has 0 fully saturated rings. The molecule has 0 bridgehead atoms. The Balaban J connectivity index is 0.608. The van der Waals surface area contributed by atoms with Gasteiger partial charge in [0.05, 0.1) is 112 Å². The van der Waals surface area contributed by atoms with Crippen LogP contribution in [0.2, 0.25) is 0 Å². The van der Waals surface area contributed by atoms with Gasteiger partial charge in [-0.05, 0) is 50.9 Å². The zero-order chi connectivity index (χ0) is 46.6. The summed E-state index contributed by atoms with van der Waals surface area (Å²) < 4.78 is 61.3. The molecule has 4 aromatic carbocycles. The van der Waals surface area contributed by atoms with Gasteiger partial charge in [-0.2, -0.15) is 0 Å². The molecule has 0 aliphatic heterocycles. The predicted octanol–water partition coefficient (Wildman–Crippen LogP) is 6.95. The maximum Gasteiger partial charge on any atom is 0.409 e. The Labute approximate surface area is 395 Å². The molecule has 67 heavy (non-hydrogen) atoms. The third kappa shape index (κ3) is 17.3. The van der Waals surface area contributed by atoms with Crippen LogP contribution in [0.1, 0.15) is 40.5 Å². The molecule has 0 atom stereocenters. The van der Waals surface area contributed by atoms with Crippen molar-refractivity contribution >= 4 is 12.2 Å². The van der Waals surface area contributed by atoms with Gasteiger partial charge in [-0.1, -0.05) is 97.1 Å². The molecule has 15 heteroatoms. The van der Waals surface area contributed by atoms with E-state index in [9.17, 15) is 9.59 Å². The lowest BCUT2D eigenvalue weighted by molar-refractivity contribution is -0.0252.